The molecule has 3 rings (SSSR count). The molecule has 1 unspecified atom stereocenters. The Morgan fingerprint density at radius 1 is 1.21 bits per heavy atom. The number of carbonyl (C=O) groups is 1. The van der Waals surface area contributed by atoms with Crippen LogP contribution in [0.3, 0.4) is 0 Å². The van der Waals surface area contributed by atoms with E-state index in [2.05, 4.69) is 0 Å². The standard InChI is InChI=1S/C22H21ClFNO3S/c1-25-11-3-4-16(14-25)22(26)13-20(19-10-7-17(23)12-21(19)24)15-5-8-18(9-6-15)29(2,27)28/h3-10,12,14,20H,11,13H2,1-2H3. The largest absolute Gasteiger partial charge is 0.376 e. The Labute approximate surface area is 175 Å². The molecule has 0 radical (unpaired) electrons. The van der Waals surface area contributed by atoms with Gasteiger partial charge in [-0.3, -0.25) is 4.79 Å². The molecule has 2 aromatic carbocycles. The van der Waals surface area contributed by atoms with Gasteiger partial charge in [0.15, 0.2) is 15.6 Å². The van der Waals surface area contributed by atoms with Gasteiger partial charge in [-0.15, -0.1) is 0 Å². The van der Waals surface area contributed by atoms with Crippen LogP contribution in [0.15, 0.2) is 71.3 Å². The van der Waals surface area contributed by atoms with Crippen molar-refractivity contribution in [1.82, 2.24) is 4.90 Å². The first kappa shape index (κ1) is 21.3. The molecule has 0 aromatic heterocycles. The summed E-state index contributed by atoms with van der Waals surface area (Å²) in [5.74, 6) is -1.21. The zero-order chi connectivity index (χ0) is 21.2. The van der Waals surface area contributed by atoms with Gasteiger partial charge in [-0.25, -0.2) is 12.8 Å². The minimum absolute atomic E-state index is 0.0424. The van der Waals surface area contributed by atoms with Crippen LogP contribution in [0, 0.1) is 5.82 Å². The van der Waals surface area contributed by atoms with E-state index in [1.54, 1.807) is 36.5 Å². The number of hydrogen-bond donors (Lipinski definition) is 0. The monoisotopic (exact) mass is 433 g/mol. The fraction of sp³-hybridized carbons (Fsp3) is 0.227. The third-order valence-electron chi connectivity index (χ3n) is 4.81. The molecule has 0 saturated carbocycles. The van der Waals surface area contributed by atoms with Gasteiger partial charge in [-0.05, 0) is 35.4 Å². The van der Waals surface area contributed by atoms with Gasteiger partial charge in [0.2, 0.25) is 0 Å². The maximum atomic E-state index is 14.7. The first-order valence-corrected chi connectivity index (χ1v) is 11.3. The molecular weight excluding hydrogens is 413 g/mol. The number of ketones is 1. The van der Waals surface area contributed by atoms with Gasteiger partial charge in [-0.2, -0.15) is 0 Å². The summed E-state index contributed by atoms with van der Waals surface area (Å²) in [7, 11) is -1.48. The molecule has 29 heavy (non-hydrogen) atoms. The maximum Gasteiger partial charge on any atom is 0.175 e. The van der Waals surface area contributed by atoms with Gasteiger partial charge in [0.1, 0.15) is 5.82 Å². The lowest BCUT2D eigenvalue weighted by Crippen LogP contribution is -2.19. The highest BCUT2D eigenvalue weighted by atomic mass is 35.5. The molecule has 1 aliphatic heterocycles. The van der Waals surface area contributed by atoms with E-state index in [1.165, 1.54) is 18.2 Å². The molecule has 0 spiro atoms. The van der Waals surface area contributed by atoms with Crippen molar-refractivity contribution in [1.29, 1.82) is 0 Å². The second kappa shape index (κ2) is 8.51. The van der Waals surface area contributed by atoms with Crippen molar-refractivity contribution in [3.8, 4) is 0 Å². The lowest BCUT2D eigenvalue weighted by atomic mass is 9.85. The SMILES string of the molecule is CN1C=C(C(=O)CC(c2ccc(S(C)(=O)=O)cc2)c2ccc(Cl)cc2F)C=CC1. The summed E-state index contributed by atoms with van der Waals surface area (Å²) >= 11 is 5.88. The number of Topliss-reactive ketones (excluding diaryl/α,β-unsaturated/α-hetero) is 1. The van der Waals surface area contributed by atoms with Crippen molar-refractivity contribution in [2.24, 2.45) is 0 Å². The molecule has 2 aromatic rings. The number of benzene rings is 2. The highest BCUT2D eigenvalue weighted by Gasteiger charge is 2.24. The molecule has 0 fully saturated rings. The van der Waals surface area contributed by atoms with E-state index in [0.717, 1.165) is 12.8 Å². The summed E-state index contributed by atoms with van der Waals surface area (Å²) in [5.41, 5.74) is 1.54. The fourth-order valence-electron chi connectivity index (χ4n) is 3.29. The predicted octanol–water partition coefficient (Wildman–Crippen LogP) is 4.36. The number of carbonyl (C=O) groups excluding carboxylic acids is 1. The third-order valence-corrected chi connectivity index (χ3v) is 6.17. The molecule has 1 atom stereocenters. The van der Waals surface area contributed by atoms with E-state index in [0.29, 0.717) is 16.7 Å². The normalized spacial score (nSPS) is 15.2. The average Bonchev–Trinajstić information content (AvgIpc) is 2.66. The van der Waals surface area contributed by atoms with Crippen LogP contribution in [0.2, 0.25) is 5.02 Å². The van der Waals surface area contributed by atoms with Crippen LogP contribution in [0.4, 0.5) is 4.39 Å². The van der Waals surface area contributed by atoms with E-state index in [4.69, 9.17) is 11.6 Å². The van der Waals surface area contributed by atoms with Gasteiger partial charge in [-0.1, -0.05) is 42.0 Å². The Morgan fingerprint density at radius 2 is 1.90 bits per heavy atom. The summed E-state index contributed by atoms with van der Waals surface area (Å²) in [6.45, 7) is 0.721. The molecule has 0 aliphatic carbocycles. The van der Waals surface area contributed by atoms with E-state index >= 15 is 0 Å². The second-order valence-corrected chi connectivity index (χ2v) is 9.57. The quantitative estimate of drug-likeness (QED) is 0.679. The van der Waals surface area contributed by atoms with Crippen LogP contribution in [0.5, 0.6) is 0 Å². The van der Waals surface area contributed by atoms with Gasteiger partial charge >= 0.3 is 0 Å². The first-order valence-electron chi connectivity index (χ1n) is 9.02. The van der Waals surface area contributed by atoms with Crippen molar-refractivity contribution in [3.05, 3.63) is 88.4 Å². The van der Waals surface area contributed by atoms with Crippen molar-refractivity contribution >= 4 is 27.2 Å². The molecule has 4 nitrogen and oxygen atoms in total. The molecule has 0 N–H and O–H groups in total. The Morgan fingerprint density at radius 3 is 2.48 bits per heavy atom. The number of sulfone groups is 1. The van der Waals surface area contributed by atoms with Gasteiger partial charge in [0, 0.05) is 49.0 Å². The topological polar surface area (TPSA) is 54.5 Å². The highest BCUT2D eigenvalue weighted by Crippen LogP contribution is 2.33. The van der Waals surface area contributed by atoms with Gasteiger partial charge in [0.05, 0.1) is 4.90 Å². The summed E-state index contributed by atoms with van der Waals surface area (Å²) in [6.07, 6.45) is 6.60. The van der Waals surface area contributed by atoms with Crippen LogP contribution in [-0.4, -0.2) is 38.9 Å². The van der Waals surface area contributed by atoms with Crippen molar-refractivity contribution < 1.29 is 17.6 Å². The predicted molar refractivity (Wildman–Crippen MR) is 112 cm³/mol. The van der Waals surface area contributed by atoms with Crippen molar-refractivity contribution in [2.75, 3.05) is 19.8 Å². The van der Waals surface area contributed by atoms with Gasteiger partial charge < -0.3 is 4.90 Å². The number of nitrogens with zero attached hydrogens (tertiary/aromatic N) is 1. The molecule has 1 heterocycles. The smallest absolute Gasteiger partial charge is 0.175 e. The molecule has 0 saturated heterocycles. The molecule has 7 heteroatoms. The summed E-state index contributed by atoms with van der Waals surface area (Å²) < 4.78 is 38.2. The van der Waals surface area contributed by atoms with Crippen LogP contribution >= 0.6 is 11.6 Å². The minimum atomic E-state index is -3.35. The zero-order valence-corrected chi connectivity index (χ0v) is 17.7. The zero-order valence-electron chi connectivity index (χ0n) is 16.1. The maximum absolute atomic E-state index is 14.7. The highest BCUT2D eigenvalue weighted by molar-refractivity contribution is 7.90. The third kappa shape index (κ3) is 5.14. The van der Waals surface area contributed by atoms with Crippen LogP contribution in [-0.2, 0) is 14.6 Å². The summed E-state index contributed by atoms with van der Waals surface area (Å²) in [4.78, 5) is 15.0. The number of likely N-dealkylation sites (N-methyl/N-ethyl adjacent to an activating group) is 1. The Kier molecular flexibility index (Phi) is 6.24. The molecule has 152 valence electrons. The number of allylic oxidation sites excluding steroid dienone is 2. The van der Waals surface area contributed by atoms with E-state index in [9.17, 15) is 17.6 Å². The van der Waals surface area contributed by atoms with Crippen molar-refractivity contribution in [2.45, 2.75) is 17.2 Å². The van der Waals surface area contributed by atoms with Gasteiger partial charge in [0.25, 0.3) is 0 Å². The Bertz CT molecular complexity index is 1090. The number of halogens is 2. The van der Waals surface area contributed by atoms with Crippen LogP contribution in [0.1, 0.15) is 23.5 Å². The number of hydrogen-bond acceptors (Lipinski definition) is 4. The Hall–Kier alpha value is -2.44. The van der Waals surface area contributed by atoms with Crippen LogP contribution in [0.25, 0.3) is 0 Å². The van der Waals surface area contributed by atoms with E-state index < -0.39 is 21.6 Å². The molecular formula is C22H21ClFNO3S. The minimum Gasteiger partial charge on any atom is -0.376 e. The number of rotatable bonds is 6. The Balaban J connectivity index is 2.00. The molecule has 1 aliphatic rings. The van der Waals surface area contributed by atoms with E-state index in [-0.39, 0.29) is 22.1 Å². The first-order chi connectivity index (χ1) is 13.6. The molecule has 0 amide bonds. The van der Waals surface area contributed by atoms with Crippen LogP contribution < -0.4 is 0 Å². The molecule has 0 bridgehead atoms. The summed E-state index contributed by atoms with van der Waals surface area (Å²) in [5, 5.41) is 0.267. The second-order valence-electron chi connectivity index (χ2n) is 7.11. The lowest BCUT2D eigenvalue weighted by Gasteiger charge is -2.21. The fourth-order valence-corrected chi connectivity index (χ4v) is 4.08. The average molecular weight is 434 g/mol. The summed E-state index contributed by atoms with van der Waals surface area (Å²) in [6, 6.07) is 10.6. The lowest BCUT2D eigenvalue weighted by molar-refractivity contribution is -0.115. The van der Waals surface area contributed by atoms with Crippen molar-refractivity contribution in [3.63, 3.8) is 0 Å². The van der Waals surface area contributed by atoms with E-state index in [1.807, 2.05) is 18.0 Å².